The van der Waals surface area contributed by atoms with Gasteiger partial charge in [0.25, 0.3) is 0 Å². The van der Waals surface area contributed by atoms with Crippen LogP contribution in [-0.2, 0) is 9.84 Å². The minimum Gasteiger partial charge on any atom is -0.292 e. The molecule has 0 atom stereocenters. The van der Waals surface area contributed by atoms with Crippen LogP contribution in [0.5, 0.6) is 0 Å². The highest BCUT2D eigenvalue weighted by atomic mass is 32.2. The highest BCUT2D eigenvalue weighted by Gasteiger charge is 2.10. The van der Waals surface area contributed by atoms with Crippen molar-refractivity contribution in [1.82, 2.24) is 4.98 Å². The summed E-state index contributed by atoms with van der Waals surface area (Å²) >= 11 is 0. The molecule has 0 radical (unpaired) electrons. The number of hydrogen-bond acceptors (Lipinski definition) is 4. The zero-order valence-corrected chi connectivity index (χ0v) is 10.0. The van der Waals surface area contributed by atoms with Crippen LogP contribution in [-0.4, -0.2) is 30.7 Å². The molecule has 0 aliphatic rings. The molecule has 1 heterocycles. The van der Waals surface area contributed by atoms with Crippen LogP contribution in [0.1, 0.15) is 30.3 Å². The van der Waals surface area contributed by atoms with E-state index in [2.05, 4.69) is 4.98 Å². The fourth-order valence-corrected chi connectivity index (χ4v) is 2.13. The van der Waals surface area contributed by atoms with E-state index in [1.54, 1.807) is 31.3 Å². The molecule has 1 aromatic heterocycles. The average molecular weight is 241 g/mol. The molecule has 0 N–H and O–H groups in total. The Bertz CT molecular complexity index is 440. The summed E-state index contributed by atoms with van der Waals surface area (Å²) in [5, 5.41) is 0. The molecule has 5 heteroatoms. The van der Waals surface area contributed by atoms with Gasteiger partial charge < -0.3 is 0 Å². The molecule has 0 bridgehead atoms. The summed E-state index contributed by atoms with van der Waals surface area (Å²) in [5.74, 6) is 0.0965. The van der Waals surface area contributed by atoms with Crippen LogP contribution in [0, 0.1) is 0 Å². The van der Waals surface area contributed by atoms with Crippen LogP contribution in [0.3, 0.4) is 0 Å². The van der Waals surface area contributed by atoms with Crippen LogP contribution >= 0.6 is 0 Å². The third-order valence-electron chi connectivity index (χ3n) is 2.25. The van der Waals surface area contributed by atoms with Gasteiger partial charge in [0.05, 0.1) is 5.75 Å². The predicted molar refractivity (Wildman–Crippen MR) is 62.1 cm³/mol. The molecule has 16 heavy (non-hydrogen) atoms. The molecule has 0 amide bonds. The smallest absolute Gasteiger partial charge is 0.181 e. The van der Waals surface area contributed by atoms with Crippen molar-refractivity contribution in [2.45, 2.75) is 19.8 Å². The molecule has 0 fully saturated rings. The number of nitrogens with zero attached hydrogens (tertiary/aromatic N) is 1. The molecule has 1 aromatic rings. The summed E-state index contributed by atoms with van der Waals surface area (Å²) in [7, 11) is -2.97. The maximum Gasteiger partial charge on any atom is 0.181 e. The van der Waals surface area contributed by atoms with Crippen molar-refractivity contribution in [3.8, 4) is 0 Å². The van der Waals surface area contributed by atoms with Crippen molar-refractivity contribution in [1.29, 1.82) is 0 Å². The quantitative estimate of drug-likeness (QED) is 0.708. The Morgan fingerprint density at radius 3 is 2.69 bits per heavy atom. The van der Waals surface area contributed by atoms with Gasteiger partial charge in [-0.05, 0) is 18.6 Å². The van der Waals surface area contributed by atoms with Gasteiger partial charge >= 0.3 is 0 Å². The fourth-order valence-electron chi connectivity index (χ4n) is 1.25. The van der Waals surface area contributed by atoms with Crippen molar-refractivity contribution in [3.05, 3.63) is 30.1 Å². The molecular formula is C11H15NO3S. The SMILES string of the molecule is CCS(=O)(=O)CCCC(=O)c1ccccn1. The van der Waals surface area contributed by atoms with E-state index in [9.17, 15) is 13.2 Å². The molecule has 88 valence electrons. The molecule has 0 unspecified atom stereocenters. The number of aromatic nitrogens is 1. The Hall–Kier alpha value is -1.23. The Labute approximate surface area is 95.6 Å². The van der Waals surface area contributed by atoms with Gasteiger partial charge in [-0.3, -0.25) is 9.78 Å². The van der Waals surface area contributed by atoms with Gasteiger partial charge in [0, 0.05) is 18.4 Å². The minimum absolute atomic E-state index is 0.0715. The molecule has 4 nitrogen and oxygen atoms in total. The Morgan fingerprint density at radius 2 is 2.12 bits per heavy atom. The van der Waals surface area contributed by atoms with Crippen LogP contribution in [0.15, 0.2) is 24.4 Å². The largest absolute Gasteiger partial charge is 0.292 e. The van der Waals surface area contributed by atoms with Gasteiger partial charge in [0.1, 0.15) is 15.5 Å². The summed E-state index contributed by atoms with van der Waals surface area (Å²) in [4.78, 5) is 15.5. The predicted octanol–water partition coefficient (Wildman–Crippen LogP) is 1.48. The Morgan fingerprint density at radius 1 is 1.38 bits per heavy atom. The molecule has 0 aromatic carbocycles. The number of carbonyl (C=O) groups is 1. The third kappa shape index (κ3) is 4.10. The van der Waals surface area contributed by atoms with E-state index in [0.717, 1.165) is 0 Å². The maximum atomic E-state index is 11.6. The van der Waals surface area contributed by atoms with Crippen molar-refractivity contribution in [2.24, 2.45) is 0 Å². The summed E-state index contributed by atoms with van der Waals surface area (Å²) < 4.78 is 22.4. The molecule has 0 aliphatic carbocycles. The normalized spacial score (nSPS) is 11.3. The summed E-state index contributed by atoms with van der Waals surface area (Å²) in [6, 6.07) is 5.11. The maximum absolute atomic E-state index is 11.6. The topological polar surface area (TPSA) is 64.1 Å². The van der Waals surface area contributed by atoms with Crippen molar-refractivity contribution in [3.63, 3.8) is 0 Å². The highest BCUT2D eigenvalue weighted by molar-refractivity contribution is 7.91. The van der Waals surface area contributed by atoms with Gasteiger partial charge in [0.2, 0.25) is 0 Å². The van der Waals surface area contributed by atoms with Gasteiger partial charge in [-0.15, -0.1) is 0 Å². The summed E-state index contributed by atoms with van der Waals surface area (Å²) in [6.07, 6.45) is 2.15. The van der Waals surface area contributed by atoms with Gasteiger partial charge in [0.15, 0.2) is 5.78 Å². The van der Waals surface area contributed by atoms with E-state index < -0.39 is 9.84 Å². The van der Waals surface area contributed by atoms with Crippen LogP contribution in [0.25, 0.3) is 0 Å². The molecule has 0 spiro atoms. The van der Waals surface area contributed by atoms with Crippen LogP contribution in [0.2, 0.25) is 0 Å². The number of pyridine rings is 1. The molecule has 0 saturated heterocycles. The molecule has 1 rings (SSSR count). The molecular weight excluding hydrogens is 226 g/mol. The lowest BCUT2D eigenvalue weighted by atomic mass is 10.1. The van der Waals surface area contributed by atoms with E-state index in [4.69, 9.17) is 0 Å². The first-order valence-corrected chi connectivity index (χ1v) is 7.02. The fraction of sp³-hybridized carbons (Fsp3) is 0.455. The van der Waals surface area contributed by atoms with E-state index in [1.165, 1.54) is 0 Å². The first-order chi connectivity index (χ1) is 7.55. The Kier molecular flexibility index (Phi) is 4.61. The van der Waals surface area contributed by atoms with E-state index in [0.29, 0.717) is 12.1 Å². The van der Waals surface area contributed by atoms with E-state index >= 15 is 0 Å². The average Bonchev–Trinajstić information content (AvgIpc) is 2.30. The van der Waals surface area contributed by atoms with Crippen molar-refractivity contribution >= 4 is 15.6 Å². The zero-order valence-electron chi connectivity index (χ0n) is 9.22. The van der Waals surface area contributed by atoms with Gasteiger partial charge in [-0.1, -0.05) is 13.0 Å². The Balaban J connectivity index is 2.43. The van der Waals surface area contributed by atoms with Gasteiger partial charge in [-0.2, -0.15) is 0 Å². The molecule has 0 saturated carbocycles. The highest BCUT2D eigenvalue weighted by Crippen LogP contribution is 2.04. The second kappa shape index (κ2) is 5.75. The first-order valence-electron chi connectivity index (χ1n) is 5.20. The second-order valence-electron chi connectivity index (χ2n) is 3.48. The minimum atomic E-state index is -2.97. The second-order valence-corrected chi connectivity index (χ2v) is 5.95. The van der Waals surface area contributed by atoms with E-state index in [-0.39, 0.29) is 23.7 Å². The standard InChI is InChI=1S/C11H15NO3S/c1-2-16(14,15)9-5-7-11(13)10-6-3-4-8-12-10/h3-4,6,8H,2,5,7,9H2,1H3. The van der Waals surface area contributed by atoms with Gasteiger partial charge in [-0.25, -0.2) is 8.42 Å². The number of hydrogen-bond donors (Lipinski definition) is 0. The lowest BCUT2D eigenvalue weighted by Gasteiger charge is -2.01. The van der Waals surface area contributed by atoms with Crippen molar-refractivity contribution < 1.29 is 13.2 Å². The van der Waals surface area contributed by atoms with E-state index in [1.807, 2.05) is 0 Å². The number of ketones is 1. The zero-order chi connectivity index (χ0) is 12.0. The first kappa shape index (κ1) is 12.8. The summed E-state index contributed by atoms with van der Waals surface area (Å²) in [5.41, 5.74) is 0.399. The lowest BCUT2D eigenvalue weighted by molar-refractivity contribution is 0.0977. The lowest BCUT2D eigenvalue weighted by Crippen LogP contribution is -2.11. The third-order valence-corrected chi connectivity index (χ3v) is 4.04. The number of carbonyl (C=O) groups excluding carboxylic acids is 1. The van der Waals surface area contributed by atoms with Crippen LogP contribution < -0.4 is 0 Å². The summed E-state index contributed by atoms with van der Waals surface area (Å²) in [6.45, 7) is 1.61. The number of rotatable bonds is 6. The van der Waals surface area contributed by atoms with Crippen LogP contribution in [0.4, 0.5) is 0 Å². The number of Topliss-reactive ketones (excluding diaryl/α,β-unsaturated/α-hetero) is 1. The molecule has 0 aliphatic heterocycles. The van der Waals surface area contributed by atoms with Crippen molar-refractivity contribution in [2.75, 3.05) is 11.5 Å². The monoisotopic (exact) mass is 241 g/mol. The number of sulfone groups is 1.